The van der Waals surface area contributed by atoms with Crippen LogP contribution in [0.4, 0.5) is 16.2 Å². The Morgan fingerprint density at radius 2 is 1.91 bits per heavy atom. The van der Waals surface area contributed by atoms with Crippen molar-refractivity contribution in [1.82, 2.24) is 5.32 Å². The van der Waals surface area contributed by atoms with E-state index in [9.17, 15) is 14.9 Å². The van der Waals surface area contributed by atoms with Gasteiger partial charge in [0.25, 0.3) is 5.69 Å². The molecule has 7 nitrogen and oxygen atoms in total. The van der Waals surface area contributed by atoms with Crippen LogP contribution in [0.2, 0.25) is 0 Å². The third-order valence-corrected chi connectivity index (χ3v) is 3.17. The van der Waals surface area contributed by atoms with Crippen molar-refractivity contribution in [2.24, 2.45) is 0 Å². The summed E-state index contributed by atoms with van der Waals surface area (Å²) in [5.41, 5.74) is 2.23. The summed E-state index contributed by atoms with van der Waals surface area (Å²) in [6.07, 6.45) is 0. The van der Waals surface area contributed by atoms with E-state index in [1.807, 2.05) is 24.3 Å². The van der Waals surface area contributed by atoms with Crippen molar-refractivity contribution in [2.45, 2.75) is 13.2 Å². The summed E-state index contributed by atoms with van der Waals surface area (Å²) >= 11 is 0. The molecule has 0 aromatic heterocycles. The van der Waals surface area contributed by atoms with Crippen LogP contribution in [0.25, 0.3) is 0 Å². The number of anilines is 1. The number of nitro groups is 1. The van der Waals surface area contributed by atoms with Crippen LogP contribution >= 0.6 is 0 Å². The van der Waals surface area contributed by atoms with Crippen LogP contribution in [0.1, 0.15) is 11.1 Å². The Kier molecular flexibility index (Phi) is 5.65. The van der Waals surface area contributed by atoms with Crippen LogP contribution in [-0.4, -0.2) is 18.1 Å². The zero-order valence-corrected chi connectivity index (χ0v) is 12.6. The predicted octanol–water partition coefficient (Wildman–Crippen LogP) is 3.06. The lowest BCUT2D eigenvalue weighted by atomic mass is 10.1. The summed E-state index contributed by atoms with van der Waals surface area (Å²) < 4.78 is 5.11. The standard InChI is InChI=1S/C16H17N3O4/c1-23-11-13-6-3-2-5-12(13)10-17-16(20)18-14-7-4-8-15(9-14)19(21)22/h2-9H,10-11H2,1H3,(H2,17,18,20). The summed E-state index contributed by atoms with van der Waals surface area (Å²) in [7, 11) is 1.61. The van der Waals surface area contributed by atoms with Gasteiger partial charge < -0.3 is 15.4 Å². The Morgan fingerprint density at radius 3 is 2.61 bits per heavy atom. The molecule has 2 aromatic carbocycles. The second-order valence-corrected chi connectivity index (χ2v) is 4.82. The molecule has 0 bridgehead atoms. The number of nitro benzene ring substituents is 1. The van der Waals surface area contributed by atoms with E-state index in [-0.39, 0.29) is 5.69 Å². The normalized spacial score (nSPS) is 10.1. The Labute approximate surface area is 133 Å². The Balaban J connectivity index is 1.95. The van der Waals surface area contributed by atoms with Gasteiger partial charge in [0.05, 0.1) is 11.5 Å². The lowest BCUT2D eigenvalue weighted by molar-refractivity contribution is -0.384. The molecule has 2 amide bonds. The van der Waals surface area contributed by atoms with Crippen LogP contribution < -0.4 is 10.6 Å². The summed E-state index contributed by atoms with van der Waals surface area (Å²) in [6.45, 7) is 0.796. The maximum absolute atomic E-state index is 11.9. The molecular formula is C16H17N3O4. The van der Waals surface area contributed by atoms with Crippen LogP contribution in [0.5, 0.6) is 0 Å². The number of urea groups is 1. The SMILES string of the molecule is COCc1ccccc1CNC(=O)Nc1cccc([N+](=O)[O-])c1. The number of benzene rings is 2. The molecule has 2 N–H and O–H groups in total. The molecule has 0 radical (unpaired) electrons. The van der Waals surface area contributed by atoms with Crippen molar-refractivity contribution in [2.75, 3.05) is 12.4 Å². The summed E-state index contributed by atoms with van der Waals surface area (Å²) in [5.74, 6) is 0. The molecule has 0 heterocycles. The average Bonchev–Trinajstić information content (AvgIpc) is 2.54. The first kappa shape index (κ1) is 16.4. The minimum atomic E-state index is -0.510. The predicted molar refractivity (Wildman–Crippen MR) is 86.1 cm³/mol. The first-order chi connectivity index (χ1) is 11.1. The number of non-ortho nitro benzene ring substituents is 1. The second kappa shape index (κ2) is 7.90. The molecule has 23 heavy (non-hydrogen) atoms. The van der Waals surface area contributed by atoms with Gasteiger partial charge in [-0.2, -0.15) is 0 Å². The van der Waals surface area contributed by atoms with Gasteiger partial charge in [0.15, 0.2) is 0 Å². The molecule has 0 atom stereocenters. The van der Waals surface area contributed by atoms with E-state index >= 15 is 0 Å². The maximum Gasteiger partial charge on any atom is 0.319 e. The largest absolute Gasteiger partial charge is 0.380 e. The van der Waals surface area contributed by atoms with Crippen molar-refractivity contribution < 1.29 is 14.5 Å². The molecule has 0 aliphatic rings. The number of hydrogen-bond donors (Lipinski definition) is 2. The molecule has 2 rings (SSSR count). The van der Waals surface area contributed by atoms with Gasteiger partial charge >= 0.3 is 6.03 Å². The third-order valence-electron chi connectivity index (χ3n) is 3.17. The maximum atomic E-state index is 11.9. The van der Waals surface area contributed by atoms with Gasteiger partial charge in [-0.15, -0.1) is 0 Å². The zero-order valence-electron chi connectivity index (χ0n) is 12.6. The van der Waals surface area contributed by atoms with E-state index in [0.29, 0.717) is 18.8 Å². The van der Waals surface area contributed by atoms with E-state index in [4.69, 9.17) is 4.74 Å². The smallest absolute Gasteiger partial charge is 0.319 e. The van der Waals surface area contributed by atoms with E-state index < -0.39 is 11.0 Å². The minimum Gasteiger partial charge on any atom is -0.380 e. The topological polar surface area (TPSA) is 93.5 Å². The number of hydrogen-bond acceptors (Lipinski definition) is 4. The summed E-state index contributed by atoms with van der Waals surface area (Å²) in [6, 6.07) is 13.0. The third kappa shape index (κ3) is 4.79. The highest BCUT2D eigenvalue weighted by Gasteiger charge is 2.08. The molecule has 0 aliphatic carbocycles. The molecule has 7 heteroatoms. The van der Waals surface area contributed by atoms with Crippen molar-refractivity contribution >= 4 is 17.4 Å². The molecule has 0 aliphatic heterocycles. The second-order valence-electron chi connectivity index (χ2n) is 4.82. The molecule has 0 saturated carbocycles. The molecule has 0 spiro atoms. The molecule has 0 unspecified atom stereocenters. The molecule has 0 fully saturated rings. The van der Waals surface area contributed by atoms with E-state index in [2.05, 4.69) is 10.6 Å². The number of carbonyl (C=O) groups excluding carboxylic acids is 1. The van der Waals surface area contributed by atoms with Crippen molar-refractivity contribution in [3.63, 3.8) is 0 Å². The Morgan fingerprint density at radius 1 is 1.17 bits per heavy atom. The monoisotopic (exact) mass is 315 g/mol. The van der Waals surface area contributed by atoms with Gasteiger partial charge in [-0.1, -0.05) is 30.3 Å². The van der Waals surface area contributed by atoms with E-state index in [1.54, 1.807) is 13.2 Å². The van der Waals surface area contributed by atoms with Crippen LogP contribution in [0.15, 0.2) is 48.5 Å². The van der Waals surface area contributed by atoms with Gasteiger partial charge in [0, 0.05) is 31.5 Å². The van der Waals surface area contributed by atoms with E-state index in [0.717, 1.165) is 11.1 Å². The molecule has 0 saturated heterocycles. The number of methoxy groups -OCH3 is 1. The molecular weight excluding hydrogens is 298 g/mol. The van der Waals surface area contributed by atoms with Crippen molar-refractivity contribution in [3.05, 3.63) is 69.8 Å². The van der Waals surface area contributed by atoms with Crippen LogP contribution in [-0.2, 0) is 17.9 Å². The fraction of sp³-hybridized carbons (Fsp3) is 0.188. The number of nitrogens with zero attached hydrogens (tertiary/aromatic N) is 1. The first-order valence-electron chi connectivity index (χ1n) is 6.95. The van der Waals surface area contributed by atoms with E-state index in [1.165, 1.54) is 18.2 Å². The van der Waals surface area contributed by atoms with Crippen molar-refractivity contribution in [3.8, 4) is 0 Å². The Bertz CT molecular complexity index is 703. The minimum absolute atomic E-state index is 0.0757. The number of amides is 2. The number of rotatable bonds is 6. The van der Waals surface area contributed by atoms with Gasteiger partial charge in [-0.3, -0.25) is 10.1 Å². The summed E-state index contributed by atoms with van der Waals surface area (Å²) in [4.78, 5) is 22.1. The highest BCUT2D eigenvalue weighted by molar-refractivity contribution is 5.89. The van der Waals surface area contributed by atoms with Crippen molar-refractivity contribution in [1.29, 1.82) is 0 Å². The average molecular weight is 315 g/mol. The van der Waals surface area contributed by atoms with Crippen LogP contribution in [0, 0.1) is 10.1 Å². The fourth-order valence-corrected chi connectivity index (χ4v) is 2.07. The lowest BCUT2D eigenvalue weighted by Crippen LogP contribution is -2.28. The van der Waals surface area contributed by atoms with Gasteiger partial charge in [-0.25, -0.2) is 4.79 Å². The Hall–Kier alpha value is -2.93. The summed E-state index contributed by atoms with van der Waals surface area (Å²) in [5, 5.41) is 16.0. The lowest BCUT2D eigenvalue weighted by Gasteiger charge is -2.11. The van der Waals surface area contributed by atoms with Gasteiger partial charge in [0.2, 0.25) is 0 Å². The molecule has 120 valence electrons. The van der Waals surface area contributed by atoms with Gasteiger partial charge in [-0.05, 0) is 17.2 Å². The number of nitrogens with one attached hydrogen (secondary N) is 2. The van der Waals surface area contributed by atoms with Gasteiger partial charge in [0.1, 0.15) is 0 Å². The number of carbonyl (C=O) groups is 1. The highest BCUT2D eigenvalue weighted by Crippen LogP contribution is 2.17. The van der Waals surface area contributed by atoms with Crippen LogP contribution in [0.3, 0.4) is 0 Å². The zero-order chi connectivity index (χ0) is 16.7. The number of ether oxygens (including phenoxy) is 1. The highest BCUT2D eigenvalue weighted by atomic mass is 16.6. The molecule has 2 aromatic rings. The first-order valence-corrected chi connectivity index (χ1v) is 6.95. The fourth-order valence-electron chi connectivity index (χ4n) is 2.07. The quantitative estimate of drug-likeness (QED) is 0.633.